The van der Waals surface area contributed by atoms with Gasteiger partial charge < -0.3 is 25.8 Å². The van der Waals surface area contributed by atoms with E-state index in [0.29, 0.717) is 16.9 Å². The van der Waals surface area contributed by atoms with Gasteiger partial charge in [0.25, 0.3) is 5.91 Å². The van der Waals surface area contributed by atoms with Crippen molar-refractivity contribution in [1.29, 1.82) is 0 Å². The highest BCUT2D eigenvalue weighted by Gasteiger charge is 2.58. The Morgan fingerprint density at radius 3 is 2.45 bits per heavy atom. The van der Waals surface area contributed by atoms with Gasteiger partial charge in [-0.25, -0.2) is 0 Å². The maximum absolute atomic E-state index is 13.2. The quantitative estimate of drug-likeness (QED) is 0.701. The fourth-order valence-corrected chi connectivity index (χ4v) is 4.05. The fraction of sp³-hybridized carbons (Fsp3) is 0.286. The molecule has 3 rings (SSSR count). The number of methoxy groups -OCH3 is 2. The van der Waals surface area contributed by atoms with Crippen LogP contribution in [0.3, 0.4) is 0 Å². The smallest absolute Gasteiger partial charge is 0.255 e. The maximum atomic E-state index is 13.2. The summed E-state index contributed by atoms with van der Waals surface area (Å²) in [7, 11) is 2.97. The SMILES string of the molecule is COCCN1C(=O)c2ccccc2C(C(N)=O)(c2cccc(OC)c2)C1C(N)=O. The molecule has 29 heavy (non-hydrogen) atoms. The lowest BCUT2D eigenvalue weighted by Crippen LogP contribution is -2.67. The van der Waals surface area contributed by atoms with E-state index in [0.717, 1.165) is 0 Å². The van der Waals surface area contributed by atoms with Crippen LogP contribution in [0.25, 0.3) is 0 Å². The number of amides is 3. The molecule has 0 bridgehead atoms. The summed E-state index contributed by atoms with van der Waals surface area (Å²) in [5, 5.41) is 0. The first-order valence-electron chi connectivity index (χ1n) is 9.02. The van der Waals surface area contributed by atoms with Crippen molar-refractivity contribution in [3.63, 3.8) is 0 Å². The Hall–Kier alpha value is -3.39. The predicted octanol–water partition coefficient (Wildman–Crippen LogP) is 0.423. The van der Waals surface area contributed by atoms with Crippen molar-refractivity contribution in [3.8, 4) is 5.75 Å². The van der Waals surface area contributed by atoms with E-state index in [1.165, 1.54) is 19.1 Å². The second-order valence-electron chi connectivity index (χ2n) is 6.75. The Balaban J connectivity index is 2.41. The molecule has 8 heteroatoms. The topological polar surface area (TPSA) is 125 Å². The molecule has 152 valence electrons. The fourth-order valence-electron chi connectivity index (χ4n) is 4.05. The molecule has 2 atom stereocenters. The van der Waals surface area contributed by atoms with Gasteiger partial charge in [-0.1, -0.05) is 30.3 Å². The molecule has 2 aromatic carbocycles. The van der Waals surface area contributed by atoms with Crippen molar-refractivity contribution in [2.75, 3.05) is 27.4 Å². The first kappa shape index (κ1) is 20.3. The molecule has 2 aromatic rings. The normalized spacial score (nSPS) is 20.8. The zero-order valence-corrected chi connectivity index (χ0v) is 16.3. The van der Waals surface area contributed by atoms with E-state index in [2.05, 4.69) is 0 Å². The van der Waals surface area contributed by atoms with Gasteiger partial charge in [-0.2, -0.15) is 0 Å². The highest BCUT2D eigenvalue weighted by atomic mass is 16.5. The Bertz CT molecular complexity index is 961. The molecule has 4 N–H and O–H groups in total. The number of carbonyl (C=O) groups excluding carboxylic acids is 3. The van der Waals surface area contributed by atoms with E-state index in [1.807, 2.05) is 0 Å². The number of rotatable bonds is 7. The molecular formula is C21H23N3O5. The summed E-state index contributed by atoms with van der Waals surface area (Å²) in [5.74, 6) is -1.58. The van der Waals surface area contributed by atoms with Gasteiger partial charge in [0.15, 0.2) is 0 Å². The summed E-state index contributed by atoms with van der Waals surface area (Å²) in [4.78, 5) is 40.2. The van der Waals surface area contributed by atoms with Gasteiger partial charge in [-0.05, 0) is 29.3 Å². The van der Waals surface area contributed by atoms with E-state index in [4.69, 9.17) is 20.9 Å². The van der Waals surface area contributed by atoms with Crippen LogP contribution in [0.5, 0.6) is 5.75 Å². The van der Waals surface area contributed by atoms with Gasteiger partial charge in [0.05, 0.1) is 13.7 Å². The van der Waals surface area contributed by atoms with Crippen LogP contribution in [-0.4, -0.2) is 56.0 Å². The van der Waals surface area contributed by atoms with E-state index in [1.54, 1.807) is 48.5 Å². The monoisotopic (exact) mass is 397 g/mol. The van der Waals surface area contributed by atoms with Gasteiger partial charge in [0, 0.05) is 19.2 Å². The number of nitrogens with zero attached hydrogens (tertiary/aromatic N) is 1. The molecular weight excluding hydrogens is 374 g/mol. The van der Waals surface area contributed by atoms with Crippen LogP contribution in [0.1, 0.15) is 21.5 Å². The van der Waals surface area contributed by atoms with Crippen LogP contribution in [-0.2, 0) is 19.7 Å². The Morgan fingerprint density at radius 2 is 1.83 bits per heavy atom. The first-order chi connectivity index (χ1) is 13.9. The van der Waals surface area contributed by atoms with Crippen LogP contribution >= 0.6 is 0 Å². The first-order valence-corrected chi connectivity index (χ1v) is 9.02. The molecule has 2 unspecified atom stereocenters. The Kier molecular flexibility index (Phi) is 5.56. The lowest BCUT2D eigenvalue weighted by Gasteiger charge is -2.47. The number of benzene rings is 2. The third kappa shape index (κ3) is 3.11. The van der Waals surface area contributed by atoms with Crippen LogP contribution in [0.15, 0.2) is 48.5 Å². The molecule has 0 aliphatic carbocycles. The lowest BCUT2D eigenvalue weighted by molar-refractivity contribution is -0.133. The van der Waals surface area contributed by atoms with E-state index >= 15 is 0 Å². The van der Waals surface area contributed by atoms with Crippen molar-refractivity contribution >= 4 is 17.7 Å². The van der Waals surface area contributed by atoms with Crippen molar-refractivity contribution in [2.24, 2.45) is 11.5 Å². The molecule has 0 saturated heterocycles. The average molecular weight is 397 g/mol. The number of ether oxygens (including phenoxy) is 2. The summed E-state index contributed by atoms with van der Waals surface area (Å²) in [6, 6.07) is 12.0. The zero-order chi connectivity index (χ0) is 21.2. The van der Waals surface area contributed by atoms with Gasteiger partial charge in [-0.3, -0.25) is 14.4 Å². The van der Waals surface area contributed by atoms with Crippen molar-refractivity contribution < 1.29 is 23.9 Å². The summed E-state index contributed by atoms with van der Waals surface area (Å²) in [6.45, 7) is 0.223. The number of nitrogens with two attached hydrogens (primary N) is 2. The predicted molar refractivity (Wildman–Crippen MR) is 105 cm³/mol. The minimum absolute atomic E-state index is 0.0657. The minimum Gasteiger partial charge on any atom is -0.497 e. The van der Waals surface area contributed by atoms with Gasteiger partial charge in [0.2, 0.25) is 11.8 Å². The van der Waals surface area contributed by atoms with Crippen LogP contribution in [0, 0.1) is 0 Å². The third-order valence-corrected chi connectivity index (χ3v) is 5.28. The highest BCUT2D eigenvalue weighted by molar-refractivity contribution is 6.09. The second-order valence-corrected chi connectivity index (χ2v) is 6.75. The second kappa shape index (κ2) is 7.92. The van der Waals surface area contributed by atoms with E-state index < -0.39 is 29.2 Å². The number of fused-ring (bicyclic) bond motifs is 1. The van der Waals surface area contributed by atoms with Crippen molar-refractivity contribution in [2.45, 2.75) is 11.5 Å². The highest BCUT2D eigenvalue weighted by Crippen LogP contribution is 2.44. The molecule has 0 spiro atoms. The zero-order valence-electron chi connectivity index (χ0n) is 16.3. The Morgan fingerprint density at radius 1 is 1.10 bits per heavy atom. The summed E-state index contributed by atoms with van der Waals surface area (Å²) in [6.07, 6.45) is 0. The molecule has 3 amide bonds. The van der Waals surface area contributed by atoms with E-state index in [-0.39, 0.29) is 18.7 Å². The molecule has 0 fully saturated rings. The minimum atomic E-state index is -1.68. The lowest BCUT2D eigenvalue weighted by atomic mass is 9.64. The summed E-state index contributed by atoms with van der Waals surface area (Å²) >= 11 is 0. The number of hydrogen-bond acceptors (Lipinski definition) is 5. The molecule has 0 aromatic heterocycles. The average Bonchev–Trinajstić information content (AvgIpc) is 2.72. The molecule has 0 saturated carbocycles. The number of carbonyl (C=O) groups is 3. The van der Waals surface area contributed by atoms with Crippen LogP contribution in [0.2, 0.25) is 0 Å². The third-order valence-electron chi connectivity index (χ3n) is 5.28. The van der Waals surface area contributed by atoms with Gasteiger partial charge >= 0.3 is 0 Å². The van der Waals surface area contributed by atoms with Crippen LogP contribution in [0.4, 0.5) is 0 Å². The summed E-state index contributed by atoms with van der Waals surface area (Å²) < 4.78 is 10.4. The molecule has 0 radical (unpaired) electrons. The Labute approximate surface area is 168 Å². The van der Waals surface area contributed by atoms with E-state index in [9.17, 15) is 14.4 Å². The molecule has 1 heterocycles. The largest absolute Gasteiger partial charge is 0.497 e. The van der Waals surface area contributed by atoms with Gasteiger partial charge in [-0.15, -0.1) is 0 Å². The van der Waals surface area contributed by atoms with Gasteiger partial charge in [0.1, 0.15) is 17.2 Å². The number of primary amides is 2. The molecule has 8 nitrogen and oxygen atoms in total. The maximum Gasteiger partial charge on any atom is 0.255 e. The summed E-state index contributed by atoms with van der Waals surface area (Å²) in [5.41, 5.74) is 11.1. The molecule has 1 aliphatic rings. The van der Waals surface area contributed by atoms with Crippen molar-refractivity contribution in [1.82, 2.24) is 4.90 Å². The molecule has 1 aliphatic heterocycles. The van der Waals surface area contributed by atoms with Crippen molar-refractivity contribution in [3.05, 3.63) is 65.2 Å². The van der Waals surface area contributed by atoms with Crippen LogP contribution < -0.4 is 16.2 Å². The number of hydrogen-bond donors (Lipinski definition) is 2. The standard InChI is InChI=1S/C21H23N3O5/c1-28-11-10-24-17(18(22)25)21(20(23)27,13-6-5-7-14(12-13)29-2)16-9-4-3-8-15(16)19(24)26/h3-9,12,17H,10-11H2,1-2H3,(H2,22,25)(H2,23,27).